The second-order valence-corrected chi connectivity index (χ2v) is 5.33. The fourth-order valence-electron chi connectivity index (χ4n) is 1.99. The molecule has 4 nitrogen and oxygen atoms in total. The van der Waals surface area contributed by atoms with Crippen LogP contribution in [0.4, 0.5) is 10.1 Å². The van der Waals surface area contributed by atoms with Crippen molar-refractivity contribution in [2.45, 2.75) is 20.8 Å². The van der Waals surface area contributed by atoms with E-state index in [2.05, 4.69) is 21.2 Å². The zero-order valence-electron chi connectivity index (χ0n) is 11.9. The third-order valence-corrected chi connectivity index (χ3v) is 3.42. The molecule has 6 heteroatoms. The smallest absolute Gasteiger partial charge is 0.259 e. The highest BCUT2D eigenvalue weighted by Crippen LogP contribution is 2.35. The number of nitrogens with one attached hydrogen (secondary N) is 1. The summed E-state index contributed by atoms with van der Waals surface area (Å²) in [6, 6.07) is 4.14. The van der Waals surface area contributed by atoms with Gasteiger partial charge in [-0.15, -0.1) is 0 Å². The molecule has 0 atom stereocenters. The summed E-state index contributed by atoms with van der Waals surface area (Å²) in [5.41, 5.74) is 0.683. The van der Waals surface area contributed by atoms with Gasteiger partial charge in [0.15, 0.2) is 5.75 Å². The van der Waals surface area contributed by atoms with E-state index in [1.165, 1.54) is 12.1 Å². The monoisotopic (exact) mass is 355 g/mol. The molecule has 2 rings (SSSR count). The van der Waals surface area contributed by atoms with Crippen LogP contribution in [0, 0.1) is 19.7 Å². The highest BCUT2D eigenvalue weighted by Gasteiger charge is 2.17. The molecule has 0 saturated heterocycles. The number of amides is 1. The number of carbonyl (C=O) groups excluding carboxylic acids is 1. The molecular weight excluding hydrogens is 341 g/mol. The number of carbonyl (C=O) groups is 1. The van der Waals surface area contributed by atoms with Crippen LogP contribution in [0.1, 0.15) is 28.8 Å². The van der Waals surface area contributed by atoms with Crippen LogP contribution in [0.15, 0.2) is 27.1 Å². The molecular formula is C15H15BrFNO3. The molecule has 0 radical (unpaired) electrons. The van der Waals surface area contributed by atoms with Gasteiger partial charge >= 0.3 is 0 Å². The third kappa shape index (κ3) is 3.44. The SMILES string of the molecule is CCOc1c(Br)cc(F)cc1NC(=O)c1cc(C)oc1C. The summed E-state index contributed by atoms with van der Waals surface area (Å²) in [5, 5.41) is 2.65. The summed E-state index contributed by atoms with van der Waals surface area (Å²) in [6.45, 7) is 5.67. The predicted octanol–water partition coefficient (Wildman–Crippen LogP) is 4.45. The zero-order chi connectivity index (χ0) is 15.6. The number of halogens is 2. The Kier molecular flexibility index (Phi) is 4.67. The lowest BCUT2D eigenvalue weighted by molar-refractivity contribution is 0.102. The van der Waals surface area contributed by atoms with E-state index < -0.39 is 5.82 Å². The van der Waals surface area contributed by atoms with Gasteiger partial charge in [-0.25, -0.2) is 4.39 Å². The minimum atomic E-state index is -0.472. The first-order chi connectivity index (χ1) is 9.92. The molecule has 1 amide bonds. The third-order valence-electron chi connectivity index (χ3n) is 2.83. The molecule has 1 aromatic carbocycles. The zero-order valence-corrected chi connectivity index (χ0v) is 13.5. The summed E-state index contributed by atoms with van der Waals surface area (Å²) < 4.78 is 24.7. The molecule has 112 valence electrons. The standard InChI is InChI=1S/C15H15BrFNO3/c1-4-20-14-12(16)6-10(17)7-13(14)18-15(19)11-5-8(2)21-9(11)3/h5-7H,4H2,1-3H3,(H,18,19). The molecule has 2 aromatic rings. The molecule has 21 heavy (non-hydrogen) atoms. The Hall–Kier alpha value is -1.82. The van der Waals surface area contributed by atoms with E-state index in [4.69, 9.17) is 9.15 Å². The van der Waals surface area contributed by atoms with Gasteiger partial charge in [0.1, 0.15) is 17.3 Å². The Labute approximate surface area is 130 Å². The number of hydrogen-bond donors (Lipinski definition) is 1. The van der Waals surface area contributed by atoms with Gasteiger partial charge in [0.25, 0.3) is 5.91 Å². The fraction of sp³-hybridized carbons (Fsp3) is 0.267. The molecule has 1 aromatic heterocycles. The maximum atomic E-state index is 13.5. The molecule has 0 saturated carbocycles. The highest BCUT2D eigenvalue weighted by molar-refractivity contribution is 9.10. The molecule has 0 fully saturated rings. The number of anilines is 1. The Bertz CT molecular complexity index is 682. The largest absolute Gasteiger partial charge is 0.491 e. The van der Waals surface area contributed by atoms with Gasteiger partial charge in [-0.05, 0) is 48.8 Å². The van der Waals surface area contributed by atoms with Crippen LogP contribution in [0.5, 0.6) is 5.75 Å². The molecule has 0 aliphatic heterocycles. The van der Waals surface area contributed by atoms with Crippen molar-refractivity contribution in [3.05, 3.63) is 45.6 Å². The Balaban J connectivity index is 2.34. The van der Waals surface area contributed by atoms with Gasteiger partial charge in [-0.3, -0.25) is 4.79 Å². The van der Waals surface area contributed by atoms with Crippen molar-refractivity contribution in [3.63, 3.8) is 0 Å². The summed E-state index contributed by atoms with van der Waals surface area (Å²) in [6.07, 6.45) is 0. The lowest BCUT2D eigenvalue weighted by Crippen LogP contribution is -2.13. The maximum Gasteiger partial charge on any atom is 0.259 e. The van der Waals surface area contributed by atoms with Gasteiger partial charge in [0.2, 0.25) is 0 Å². The van der Waals surface area contributed by atoms with Crippen LogP contribution in [0.3, 0.4) is 0 Å². The first-order valence-electron chi connectivity index (χ1n) is 6.42. The van der Waals surface area contributed by atoms with Crippen molar-refractivity contribution in [3.8, 4) is 5.75 Å². The summed E-state index contributed by atoms with van der Waals surface area (Å²) >= 11 is 3.23. The second kappa shape index (κ2) is 6.30. The first kappa shape index (κ1) is 15.6. The Morgan fingerprint density at radius 3 is 2.67 bits per heavy atom. The van der Waals surface area contributed by atoms with Crippen molar-refractivity contribution in [2.24, 2.45) is 0 Å². The molecule has 1 heterocycles. The van der Waals surface area contributed by atoms with E-state index in [0.29, 0.717) is 33.9 Å². The average molecular weight is 356 g/mol. The lowest BCUT2D eigenvalue weighted by atomic mass is 10.2. The minimum Gasteiger partial charge on any atom is -0.491 e. The molecule has 0 aliphatic rings. The van der Waals surface area contributed by atoms with Crippen LogP contribution < -0.4 is 10.1 Å². The summed E-state index contributed by atoms with van der Waals surface area (Å²) in [5.74, 6) is 0.704. The van der Waals surface area contributed by atoms with E-state index in [1.54, 1.807) is 19.9 Å². The predicted molar refractivity (Wildman–Crippen MR) is 81.4 cm³/mol. The lowest BCUT2D eigenvalue weighted by Gasteiger charge is -2.13. The van der Waals surface area contributed by atoms with Gasteiger partial charge in [-0.1, -0.05) is 0 Å². The normalized spacial score (nSPS) is 10.5. The molecule has 0 aliphatic carbocycles. The number of aryl methyl sites for hydroxylation is 2. The van der Waals surface area contributed by atoms with Crippen LogP contribution in [0.25, 0.3) is 0 Å². The van der Waals surface area contributed by atoms with Crippen molar-refractivity contribution in [1.29, 1.82) is 0 Å². The van der Waals surface area contributed by atoms with Crippen LogP contribution >= 0.6 is 15.9 Å². The van der Waals surface area contributed by atoms with Crippen molar-refractivity contribution < 1.29 is 18.3 Å². The Morgan fingerprint density at radius 1 is 1.38 bits per heavy atom. The average Bonchev–Trinajstić information content (AvgIpc) is 2.72. The van der Waals surface area contributed by atoms with Crippen molar-refractivity contribution in [1.82, 2.24) is 0 Å². The molecule has 0 bridgehead atoms. The number of benzene rings is 1. The Morgan fingerprint density at radius 2 is 2.10 bits per heavy atom. The topological polar surface area (TPSA) is 51.5 Å². The van der Waals surface area contributed by atoms with Crippen LogP contribution in [0.2, 0.25) is 0 Å². The van der Waals surface area contributed by atoms with Crippen LogP contribution in [-0.2, 0) is 0 Å². The van der Waals surface area contributed by atoms with E-state index in [1.807, 2.05) is 6.92 Å². The fourth-order valence-corrected chi connectivity index (χ4v) is 2.54. The minimum absolute atomic E-state index is 0.270. The van der Waals surface area contributed by atoms with Gasteiger partial charge < -0.3 is 14.5 Å². The summed E-state index contributed by atoms with van der Waals surface area (Å²) in [4.78, 5) is 12.3. The van der Waals surface area contributed by atoms with Crippen molar-refractivity contribution >= 4 is 27.5 Å². The summed E-state index contributed by atoms with van der Waals surface area (Å²) in [7, 11) is 0. The van der Waals surface area contributed by atoms with E-state index >= 15 is 0 Å². The molecule has 0 spiro atoms. The van der Waals surface area contributed by atoms with Gasteiger partial charge in [0.05, 0.1) is 22.3 Å². The number of furan rings is 1. The van der Waals surface area contributed by atoms with Gasteiger partial charge in [-0.2, -0.15) is 0 Å². The van der Waals surface area contributed by atoms with E-state index in [-0.39, 0.29) is 11.6 Å². The first-order valence-corrected chi connectivity index (χ1v) is 7.22. The van der Waals surface area contributed by atoms with Gasteiger partial charge in [0, 0.05) is 6.07 Å². The molecule has 1 N–H and O–H groups in total. The number of rotatable bonds is 4. The van der Waals surface area contributed by atoms with Crippen molar-refractivity contribution in [2.75, 3.05) is 11.9 Å². The second-order valence-electron chi connectivity index (χ2n) is 4.48. The number of hydrogen-bond acceptors (Lipinski definition) is 3. The maximum absolute atomic E-state index is 13.5. The van der Waals surface area contributed by atoms with E-state index in [9.17, 15) is 9.18 Å². The quantitative estimate of drug-likeness (QED) is 0.881. The number of ether oxygens (including phenoxy) is 1. The van der Waals surface area contributed by atoms with E-state index in [0.717, 1.165) is 0 Å². The molecule has 0 unspecified atom stereocenters. The highest BCUT2D eigenvalue weighted by atomic mass is 79.9. The van der Waals surface area contributed by atoms with Crippen LogP contribution in [-0.4, -0.2) is 12.5 Å².